The Morgan fingerprint density at radius 2 is 2.00 bits per heavy atom. The van der Waals surface area contributed by atoms with Gasteiger partial charge in [-0.3, -0.25) is 10.1 Å². The molecule has 3 rings (SSSR count). The minimum Gasteiger partial charge on any atom is -0.313 e. The van der Waals surface area contributed by atoms with Crippen molar-refractivity contribution in [2.75, 3.05) is 5.32 Å². The van der Waals surface area contributed by atoms with Crippen LogP contribution in [0.3, 0.4) is 0 Å². The first kappa shape index (κ1) is 12.2. The third-order valence-electron chi connectivity index (χ3n) is 4.00. The van der Waals surface area contributed by atoms with Crippen LogP contribution in [0.15, 0.2) is 24.3 Å². The van der Waals surface area contributed by atoms with Crippen molar-refractivity contribution in [3.8, 4) is 0 Å². The molecule has 1 fully saturated rings. The average Bonchev–Trinajstić information content (AvgIpc) is 2.77. The van der Waals surface area contributed by atoms with Crippen molar-refractivity contribution >= 4 is 22.9 Å². The monoisotopic (exact) mass is 257 g/mol. The van der Waals surface area contributed by atoms with Crippen molar-refractivity contribution in [3.05, 3.63) is 24.3 Å². The van der Waals surface area contributed by atoms with Crippen molar-refractivity contribution in [2.45, 2.75) is 32.1 Å². The number of rotatable bonds is 2. The summed E-state index contributed by atoms with van der Waals surface area (Å²) in [5.41, 5.74) is 1.96. The largest absolute Gasteiger partial charge is 0.313 e. The van der Waals surface area contributed by atoms with Crippen LogP contribution in [0, 0.1) is 5.92 Å². The third kappa shape index (κ3) is 2.35. The predicted octanol–water partition coefficient (Wildman–Crippen LogP) is 3.09. The number of carbonyl (C=O) groups excluding carboxylic acids is 1. The van der Waals surface area contributed by atoms with E-state index in [0.717, 1.165) is 23.9 Å². The van der Waals surface area contributed by atoms with Crippen molar-refractivity contribution in [2.24, 2.45) is 13.0 Å². The zero-order chi connectivity index (χ0) is 13.2. The lowest BCUT2D eigenvalue weighted by molar-refractivity contribution is -0.120. The maximum atomic E-state index is 12.2. The molecule has 0 aliphatic heterocycles. The van der Waals surface area contributed by atoms with E-state index in [1.807, 2.05) is 35.9 Å². The van der Waals surface area contributed by atoms with Gasteiger partial charge in [-0.25, -0.2) is 4.98 Å². The van der Waals surface area contributed by atoms with Gasteiger partial charge in [-0.1, -0.05) is 31.4 Å². The number of aromatic nitrogens is 2. The van der Waals surface area contributed by atoms with Crippen molar-refractivity contribution in [1.82, 2.24) is 9.55 Å². The summed E-state index contributed by atoms with van der Waals surface area (Å²) in [6.45, 7) is 0. The first-order valence-electron chi connectivity index (χ1n) is 6.98. The molecule has 1 heterocycles. The van der Waals surface area contributed by atoms with Crippen LogP contribution in [0.1, 0.15) is 32.1 Å². The van der Waals surface area contributed by atoms with E-state index in [4.69, 9.17) is 0 Å². The van der Waals surface area contributed by atoms with E-state index in [9.17, 15) is 4.79 Å². The second kappa shape index (κ2) is 5.03. The van der Waals surface area contributed by atoms with E-state index >= 15 is 0 Å². The lowest BCUT2D eigenvalue weighted by Gasteiger charge is -2.20. The fourth-order valence-electron chi connectivity index (χ4n) is 2.83. The number of aryl methyl sites for hydroxylation is 1. The molecular formula is C15H19N3O. The highest BCUT2D eigenvalue weighted by atomic mass is 16.2. The molecule has 1 amide bonds. The van der Waals surface area contributed by atoms with Gasteiger partial charge in [0.05, 0.1) is 11.0 Å². The van der Waals surface area contributed by atoms with Gasteiger partial charge >= 0.3 is 0 Å². The number of carbonyl (C=O) groups is 1. The number of amides is 1. The Labute approximate surface area is 112 Å². The zero-order valence-corrected chi connectivity index (χ0v) is 11.2. The standard InChI is InChI=1S/C15H19N3O/c1-18-13-10-6-5-9-12(13)16-15(18)17-14(19)11-7-3-2-4-8-11/h5-6,9-11H,2-4,7-8H2,1H3,(H,16,17,19). The number of hydrogen-bond donors (Lipinski definition) is 1. The van der Waals surface area contributed by atoms with Gasteiger partial charge in [-0.05, 0) is 25.0 Å². The number of para-hydroxylation sites is 2. The van der Waals surface area contributed by atoms with Crippen LogP contribution >= 0.6 is 0 Å². The SMILES string of the molecule is Cn1c(NC(=O)C2CCCCC2)nc2ccccc21. The number of hydrogen-bond acceptors (Lipinski definition) is 2. The molecule has 4 nitrogen and oxygen atoms in total. The van der Waals surface area contributed by atoms with E-state index in [2.05, 4.69) is 10.3 Å². The maximum Gasteiger partial charge on any atom is 0.229 e. The van der Waals surface area contributed by atoms with Gasteiger partial charge in [-0.15, -0.1) is 0 Å². The van der Waals surface area contributed by atoms with Crippen LogP contribution in [-0.4, -0.2) is 15.5 Å². The second-order valence-electron chi connectivity index (χ2n) is 5.31. The number of anilines is 1. The Balaban J connectivity index is 1.81. The van der Waals surface area contributed by atoms with Crippen molar-refractivity contribution in [1.29, 1.82) is 0 Å². The molecule has 0 radical (unpaired) electrons. The normalized spacial score (nSPS) is 16.7. The second-order valence-corrected chi connectivity index (χ2v) is 5.31. The van der Waals surface area contributed by atoms with E-state index in [1.54, 1.807) is 0 Å². The molecule has 0 spiro atoms. The van der Waals surface area contributed by atoms with Crippen molar-refractivity contribution in [3.63, 3.8) is 0 Å². The Morgan fingerprint density at radius 1 is 1.26 bits per heavy atom. The zero-order valence-electron chi connectivity index (χ0n) is 11.2. The molecule has 2 aromatic rings. The molecule has 19 heavy (non-hydrogen) atoms. The van der Waals surface area contributed by atoms with Crippen LogP contribution in [0.5, 0.6) is 0 Å². The smallest absolute Gasteiger partial charge is 0.229 e. The van der Waals surface area contributed by atoms with E-state index in [-0.39, 0.29) is 11.8 Å². The minimum absolute atomic E-state index is 0.123. The van der Waals surface area contributed by atoms with Crippen LogP contribution < -0.4 is 5.32 Å². The fourth-order valence-corrected chi connectivity index (χ4v) is 2.83. The lowest BCUT2D eigenvalue weighted by Crippen LogP contribution is -2.26. The van der Waals surface area contributed by atoms with Crippen LogP contribution in [-0.2, 0) is 11.8 Å². The Morgan fingerprint density at radius 3 is 2.74 bits per heavy atom. The molecule has 0 bridgehead atoms. The topological polar surface area (TPSA) is 46.9 Å². The van der Waals surface area contributed by atoms with Gasteiger partial charge in [0.2, 0.25) is 11.9 Å². The fraction of sp³-hybridized carbons (Fsp3) is 0.467. The summed E-state index contributed by atoms with van der Waals surface area (Å²) < 4.78 is 1.94. The Hall–Kier alpha value is -1.84. The first-order chi connectivity index (χ1) is 9.25. The van der Waals surface area contributed by atoms with Crippen LogP contribution in [0.2, 0.25) is 0 Å². The maximum absolute atomic E-state index is 12.2. The van der Waals surface area contributed by atoms with E-state index in [1.165, 1.54) is 19.3 Å². The Bertz CT molecular complexity index is 596. The Kier molecular flexibility index (Phi) is 3.23. The van der Waals surface area contributed by atoms with Gasteiger partial charge in [-0.2, -0.15) is 0 Å². The summed E-state index contributed by atoms with van der Waals surface area (Å²) in [4.78, 5) is 16.7. The van der Waals surface area contributed by atoms with Gasteiger partial charge < -0.3 is 4.57 Å². The van der Waals surface area contributed by atoms with Gasteiger partial charge in [0.25, 0.3) is 0 Å². The molecular weight excluding hydrogens is 238 g/mol. The summed E-state index contributed by atoms with van der Waals surface area (Å²) in [7, 11) is 1.94. The molecule has 1 aromatic heterocycles. The number of nitrogens with one attached hydrogen (secondary N) is 1. The lowest BCUT2D eigenvalue weighted by atomic mass is 9.89. The van der Waals surface area contributed by atoms with Gasteiger partial charge in [0.15, 0.2) is 0 Å². The van der Waals surface area contributed by atoms with E-state index in [0.29, 0.717) is 5.95 Å². The molecule has 0 atom stereocenters. The predicted molar refractivity (Wildman–Crippen MR) is 75.9 cm³/mol. The molecule has 0 unspecified atom stereocenters. The highest BCUT2D eigenvalue weighted by Crippen LogP contribution is 2.25. The summed E-state index contributed by atoms with van der Waals surface area (Å²) in [5.74, 6) is 0.934. The molecule has 1 N–H and O–H groups in total. The quantitative estimate of drug-likeness (QED) is 0.898. The van der Waals surface area contributed by atoms with Gasteiger partial charge in [0, 0.05) is 13.0 Å². The van der Waals surface area contributed by atoms with Crippen LogP contribution in [0.25, 0.3) is 11.0 Å². The summed E-state index contributed by atoms with van der Waals surface area (Å²) in [6.07, 6.45) is 5.61. The number of benzene rings is 1. The van der Waals surface area contributed by atoms with Gasteiger partial charge in [0.1, 0.15) is 0 Å². The number of nitrogens with zero attached hydrogens (tertiary/aromatic N) is 2. The van der Waals surface area contributed by atoms with E-state index < -0.39 is 0 Å². The summed E-state index contributed by atoms with van der Waals surface area (Å²) >= 11 is 0. The molecule has 1 aliphatic carbocycles. The van der Waals surface area contributed by atoms with Crippen LogP contribution in [0.4, 0.5) is 5.95 Å². The molecule has 0 saturated heterocycles. The number of fused-ring (bicyclic) bond motifs is 1. The number of imidazole rings is 1. The molecule has 1 saturated carbocycles. The molecule has 1 aliphatic rings. The highest BCUT2D eigenvalue weighted by molar-refractivity contribution is 5.93. The summed E-state index contributed by atoms with van der Waals surface area (Å²) in [5, 5.41) is 2.98. The minimum atomic E-state index is 0.123. The molecule has 4 heteroatoms. The first-order valence-corrected chi connectivity index (χ1v) is 6.98. The molecule has 1 aromatic carbocycles. The highest BCUT2D eigenvalue weighted by Gasteiger charge is 2.22. The molecule has 100 valence electrons. The third-order valence-corrected chi connectivity index (χ3v) is 4.00. The summed E-state index contributed by atoms with van der Waals surface area (Å²) in [6, 6.07) is 7.92. The van der Waals surface area contributed by atoms with Crippen molar-refractivity contribution < 1.29 is 4.79 Å². The average molecular weight is 257 g/mol.